The van der Waals surface area contributed by atoms with Gasteiger partial charge in [-0.25, -0.2) is 9.50 Å². The molecule has 1 saturated carbocycles. The number of hydrogen-bond donors (Lipinski definition) is 1. The summed E-state index contributed by atoms with van der Waals surface area (Å²) in [6.45, 7) is 1.97. The second kappa shape index (κ2) is 6.15. The largest absolute Gasteiger partial charge is 0.356 e. The Bertz CT molecular complexity index is 1300. The molecule has 0 unspecified atom stereocenters. The van der Waals surface area contributed by atoms with E-state index >= 15 is 0 Å². The molecule has 2 fully saturated rings. The van der Waals surface area contributed by atoms with Crippen LogP contribution < -0.4 is 10.6 Å². The predicted molar refractivity (Wildman–Crippen MR) is 113 cm³/mol. The Hall–Kier alpha value is -3.70. The standard InChI is InChI=1S/C22H20N8/c1-28-9-16(8-26-28)14-4-17(22-15(5-23)7-27-30(22)10-14)13-2-3-20(25-6-13)29-11-18-19(12-29)21(18)24/h2-4,6-10,18-19,21H,11-12,24H2,1H3/t18-,19+,21+. The number of nitriles is 1. The minimum absolute atomic E-state index is 0.371. The van der Waals surface area contributed by atoms with Crippen LogP contribution in [0.1, 0.15) is 5.56 Å². The van der Waals surface area contributed by atoms with Crippen molar-refractivity contribution in [3.63, 3.8) is 0 Å². The van der Waals surface area contributed by atoms with E-state index in [9.17, 15) is 5.26 Å². The van der Waals surface area contributed by atoms with Crippen LogP contribution in [-0.2, 0) is 7.05 Å². The van der Waals surface area contributed by atoms with Crippen molar-refractivity contribution in [1.82, 2.24) is 24.4 Å². The first-order valence-corrected chi connectivity index (χ1v) is 10.00. The normalized spacial score (nSPS) is 22.3. The van der Waals surface area contributed by atoms with Gasteiger partial charge >= 0.3 is 0 Å². The fraction of sp³-hybridized carbons (Fsp3) is 0.273. The van der Waals surface area contributed by atoms with Crippen LogP contribution in [0.3, 0.4) is 0 Å². The minimum Gasteiger partial charge on any atom is -0.356 e. The van der Waals surface area contributed by atoms with Crippen LogP contribution in [0, 0.1) is 23.2 Å². The molecule has 0 radical (unpaired) electrons. The van der Waals surface area contributed by atoms with Crippen LogP contribution in [0.25, 0.3) is 27.8 Å². The zero-order valence-electron chi connectivity index (χ0n) is 16.5. The molecule has 1 aliphatic carbocycles. The van der Waals surface area contributed by atoms with Crippen LogP contribution in [0.4, 0.5) is 5.82 Å². The van der Waals surface area contributed by atoms with E-state index in [4.69, 9.17) is 10.7 Å². The van der Waals surface area contributed by atoms with E-state index in [0.717, 1.165) is 46.7 Å². The van der Waals surface area contributed by atoms with Crippen LogP contribution in [0.2, 0.25) is 0 Å². The summed E-state index contributed by atoms with van der Waals surface area (Å²) in [5.74, 6) is 2.21. The SMILES string of the molecule is Cn1cc(-c2cc(-c3ccc(N4C[C@@H]5[C@@H](N)[C@@H]5C4)nc3)c3c(C#N)cnn3c2)cn1. The van der Waals surface area contributed by atoms with E-state index in [1.165, 1.54) is 0 Å². The van der Waals surface area contributed by atoms with Gasteiger partial charge in [0.05, 0.1) is 23.5 Å². The zero-order chi connectivity index (χ0) is 20.4. The van der Waals surface area contributed by atoms with Crippen molar-refractivity contribution in [2.75, 3.05) is 18.0 Å². The van der Waals surface area contributed by atoms with Gasteiger partial charge in [0, 0.05) is 67.0 Å². The Morgan fingerprint density at radius 2 is 1.87 bits per heavy atom. The molecule has 3 atom stereocenters. The van der Waals surface area contributed by atoms with E-state index in [2.05, 4.69) is 39.4 Å². The van der Waals surface area contributed by atoms with Crippen LogP contribution in [-0.4, -0.2) is 43.5 Å². The number of nitrogens with zero attached hydrogens (tertiary/aromatic N) is 7. The summed E-state index contributed by atoms with van der Waals surface area (Å²) in [5, 5.41) is 18.2. The molecule has 0 spiro atoms. The molecule has 148 valence electrons. The Morgan fingerprint density at radius 3 is 2.53 bits per heavy atom. The fourth-order valence-corrected chi connectivity index (χ4v) is 4.64. The van der Waals surface area contributed by atoms with Crippen LogP contribution in [0.15, 0.2) is 49.2 Å². The van der Waals surface area contributed by atoms with Gasteiger partial charge in [0.1, 0.15) is 11.9 Å². The number of fused-ring (bicyclic) bond motifs is 2. The molecule has 4 aromatic rings. The summed E-state index contributed by atoms with van der Waals surface area (Å²) in [5.41, 5.74) is 11.2. The minimum atomic E-state index is 0.371. The van der Waals surface area contributed by atoms with E-state index in [1.807, 2.05) is 31.8 Å². The average molecular weight is 396 g/mol. The third kappa shape index (κ3) is 2.52. The third-order valence-electron chi connectivity index (χ3n) is 6.41. The lowest BCUT2D eigenvalue weighted by Crippen LogP contribution is -2.28. The zero-order valence-corrected chi connectivity index (χ0v) is 16.5. The topological polar surface area (TPSA) is 101 Å². The predicted octanol–water partition coefficient (Wildman–Crippen LogP) is 2.06. The number of hydrogen-bond acceptors (Lipinski definition) is 6. The van der Waals surface area contributed by atoms with E-state index in [1.54, 1.807) is 15.4 Å². The molecule has 0 amide bonds. The van der Waals surface area contributed by atoms with Gasteiger partial charge in [-0.1, -0.05) is 0 Å². The first-order chi connectivity index (χ1) is 14.6. The number of rotatable bonds is 3. The number of anilines is 1. The number of piperidine rings is 1. The molecule has 0 bridgehead atoms. The molecule has 6 rings (SSSR count). The van der Waals surface area contributed by atoms with E-state index in [0.29, 0.717) is 23.4 Å². The molecule has 2 aliphatic rings. The highest BCUT2D eigenvalue weighted by Gasteiger charge is 2.53. The van der Waals surface area contributed by atoms with Crippen molar-refractivity contribution < 1.29 is 0 Å². The molecule has 4 aromatic heterocycles. The van der Waals surface area contributed by atoms with Gasteiger partial charge in [0.25, 0.3) is 0 Å². The summed E-state index contributed by atoms with van der Waals surface area (Å²) in [6, 6.07) is 8.83. The van der Waals surface area contributed by atoms with Gasteiger partial charge in [-0.2, -0.15) is 15.5 Å². The summed E-state index contributed by atoms with van der Waals surface area (Å²) in [6.07, 6.45) is 9.20. The quantitative estimate of drug-likeness (QED) is 0.569. The Balaban J connectivity index is 1.43. The molecule has 5 heterocycles. The van der Waals surface area contributed by atoms with Gasteiger partial charge in [-0.3, -0.25) is 4.68 Å². The molecule has 2 N–H and O–H groups in total. The maximum atomic E-state index is 9.57. The molecule has 1 saturated heterocycles. The molecule has 0 aromatic carbocycles. The lowest BCUT2D eigenvalue weighted by atomic mass is 10.0. The van der Waals surface area contributed by atoms with E-state index < -0.39 is 0 Å². The Labute approximate surface area is 173 Å². The number of aryl methyl sites for hydroxylation is 1. The van der Waals surface area contributed by atoms with Crippen molar-refractivity contribution in [3.8, 4) is 28.3 Å². The van der Waals surface area contributed by atoms with Gasteiger partial charge < -0.3 is 10.6 Å². The van der Waals surface area contributed by atoms with E-state index in [-0.39, 0.29) is 0 Å². The second-order valence-electron chi connectivity index (χ2n) is 8.22. The average Bonchev–Trinajstić information content (AvgIpc) is 3.26. The Morgan fingerprint density at radius 1 is 1.03 bits per heavy atom. The van der Waals surface area contributed by atoms with Crippen molar-refractivity contribution >= 4 is 11.3 Å². The molecular formula is C22H20N8. The lowest BCUT2D eigenvalue weighted by molar-refractivity contribution is 0.735. The second-order valence-corrected chi connectivity index (χ2v) is 8.22. The number of aromatic nitrogens is 5. The number of nitrogens with two attached hydrogens (primary N) is 1. The first-order valence-electron chi connectivity index (χ1n) is 10.00. The summed E-state index contributed by atoms with van der Waals surface area (Å²) in [4.78, 5) is 7.04. The summed E-state index contributed by atoms with van der Waals surface area (Å²) >= 11 is 0. The van der Waals surface area contributed by atoms with Crippen molar-refractivity contribution in [2.45, 2.75) is 6.04 Å². The van der Waals surface area contributed by atoms with Gasteiger partial charge in [0.15, 0.2) is 0 Å². The smallest absolute Gasteiger partial charge is 0.128 e. The highest BCUT2D eigenvalue weighted by Crippen LogP contribution is 2.45. The fourth-order valence-electron chi connectivity index (χ4n) is 4.64. The Kier molecular flexibility index (Phi) is 3.52. The van der Waals surface area contributed by atoms with Crippen LogP contribution in [0.5, 0.6) is 0 Å². The van der Waals surface area contributed by atoms with Crippen molar-refractivity contribution in [2.24, 2.45) is 24.6 Å². The molecule has 1 aliphatic heterocycles. The van der Waals surface area contributed by atoms with Gasteiger partial charge in [-0.15, -0.1) is 0 Å². The maximum absolute atomic E-state index is 9.57. The monoisotopic (exact) mass is 396 g/mol. The van der Waals surface area contributed by atoms with Gasteiger partial charge in [-0.05, 0) is 30.0 Å². The molecule has 8 heteroatoms. The molecule has 30 heavy (non-hydrogen) atoms. The van der Waals surface area contributed by atoms with Crippen molar-refractivity contribution in [3.05, 3.63) is 54.7 Å². The summed E-state index contributed by atoms with van der Waals surface area (Å²) in [7, 11) is 1.89. The highest BCUT2D eigenvalue weighted by atomic mass is 15.2. The maximum Gasteiger partial charge on any atom is 0.128 e. The first kappa shape index (κ1) is 17.2. The molecule has 8 nitrogen and oxygen atoms in total. The third-order valence-corrected chi connectivity index (χ3v) is 6.41. The van der Waals surface area contributed by atoms with Crippen LogP contribution >= 0.6 is 0 Å². The highest BCUT2D eigenvalue weighted by molar-refractivity contribution is 5.87. The van der Waals surface area contributed by atoms with Gasteiger partial charge in [0.2, 0.25) is 0 Å². The number of pyridine rings is 2. The summed E-state index contributed by atoms with van der Waals surface area (Å²) < 4.78 is 3.53. The van der Waals surface area contributed by atoms with Crippen molar-refractivity contribution in [1.29, 1.82) is 5.26 Å². The lowest BCUT2D eigenvalue weighted by Gasteiger charge is -2.20. The molecular weight excluding hydrogens is 376 g/mol.